The van der Waals surface area contributed by atoms with Crippen molar-refractivity contribution in [3.05, 3.63) is 42.0 Å². The van der Waals surface area contributed by atoms with E-state index in [1.54, 1.807) is 6.07 Å². The maximum absolute atomic E-state index is 12.2. The molecule has 3 heteroatoms. The van der Waals surface area contributed by atoms with Crippen molar-refractivity contribution < 1.29 is 8.42 Å². The van der Waals surface area contributed by atoms with Crippen molar-refractivity contribution in [1.82, 2.24) is 0 Å². The summed E-state index contributed by atoms with van der Waals surface area (Å²) in [5.74, 6) is 0.638. The van der Waals surface area contributed by atoms with Crippen molar-refractivity contribution in [2.24, 2.45) is 0 Å². The molecule has 0 radical (unpaired) electrons. The number of hydrogen-bond donors (Lipinski definition) is 0. The molecule has 0 aromatic heterocycles. The van der Waals surface area contributed by atoms with Gasteiger partial charge in [0.15, 0.2) is 9.84 Å². The zero-order valence-corrected chi connectivity index (χ0v) is 14.3. The molecule has 1 rings (SSSR count). The van der Waals surface area contributed by atoms with Gasteiger partial charge in [0.25, 0.3) is 0 Å². The summed E-state index contributed by atoms with van der Waals surface area (Å²) in [6.07, 6.45) is 9.28. The zero-order chi connectivity index (χ0) is 15.7. The molecule has 0 saturated carbocycles. The molecule has 1 aromatic carbocycles. The van der Waals surface area contributed by atoms with Crippen LogP contribution in [-0.4, -0.2) is 14.2 Å². The lowest BCUT2D eigenvalue weighted by atomic mass is 9.91. The number of sulfone groups is 1. The van der Waals surface area contributed by atoms with E-state index in [2.05, 4.69) is 32.1 Å². The number of benzene rings is 1. The van der Waals surface area contributed by atoms with Gasteiger partial charge in [-0.1, -0.05) is 51.5 Å². The summed E-state index contributed by atoms with van der Waals surface area (Å²) in [5.41, 5.74) is 1.15. The first-order chi connectivity index (χ1) is 10.0. The first kappa shape index (κ1) is 18.0. The Hall–Kier alpha value is -1.09. The van der Waals surface area contributed by atoms with Gasteiger partial charge in [0.05, 0.1) is 10.6 Å². The van der Waals surface area contributed by atoms with E-state index in [1.807, 2.05) is 19.1 Å². The quantitative estimate of drug-likeness (QED) is 0.594. The second kappa shape index (κ2) is 9.04. The van der Waals surface area contributed by atoms with Crippen molar-refractivity contribution in [2.75, 3.05) is 5.75 Å². The SMILES string of the molecule is CC/C=C\CC(CCC)c1cccc(S(=O)(=O)CCC)c1. The van der Waals surface area contributed by atoms with Crippen LogP contribution in [0.5, 0.6) is 0 Å². The van der Waals surface area contributed by atoms with Crippen molar-refractivity contribution in [2.45, 2.75) is 63.7 Å². The van der Waals surface area contributed by atoms with Gasteiger partial charge in [0, 0.05) is 0 Å². The van der Waals surface area contributed by atoms with E-state index in [0.717, 1.165) is 31.2 Å². The molecule has 0 N–H and O–H groups in total. The van der Waals surface area contributed by atoms with Gasteiger partial charge in [-0.2, -0.15) is 0 Å². The van der Waals surface area contributed by atoms with E-state index < -0.39 is 9.84 Å². The van der Waals surface area contributed by atoms with E-state index in [4.69, 9.17) is 0 Å². The van der Waals surface area contributed by atoms with E-state index in [1.165, 1.54) is 0 Å². The van der Waals surface area contributed by atoms with E-state index in [9.17, 15) is 8.42 Å². The summed E-state index contributed by atoms with van der Waals surface area (Å²) < 4.78 is 24.4. The summed E-state index contributed by atoms with van der Waals surface area (Å²) in [7, 11) is -3.12. The van der Waals surface area contributed by atoms with Crippen molar-refractivity contribution >= 4 is 9.84 Å². The third kappa shape index (κ3) is 5.66. The Labute approximate surface area is 130 Å². The van der Waals surface area contributed by atoms with Gasteiger partial charge in [-0.15, -0.1) is 0 Å². The molecule has 0 aliphatic carbocycles. The van der Waals surface area contributed by atoms with Crippen LogP contribution in [0.3, 0.4) is 0 Å². The summed E-state index contributed by atoms with van der Waals surface area (Å²) >= 11 is 0. The second-order valence-corrected chi connectivity index (χ2v) is 7.60. The van der Waals surface area contributed by atoms with E-state index in [0.29, 0.717) is 17.2 Å². The van der Waals surface area contributed by atoms with Gasteiger partial charge >= 0.3 is 0 Å². The average Bonchev–Trinajstić information content (AvgIpc) is 2.47. The minimum absolute atomic E-state index is 0.227. The molecule has 1 unspecified atom stereocenters. The van der Waals surface area contributed by atoms with Gasteiger partial charge in [0.1, 0.15) is 0 Å². The highest BCUT2D eigenvalue weighted by Crippen LogP contribution is 2.27. The molecule has 0 aliphatic rings. The van der Waals surface area contributed by atoms with Crippen LogP contribution in [-0.2, 0) is 9.84 Å². The van der Waals surface area contributed by atoms with Gasteiger partial charge in [-0.05, 0) is 49.3 Å². The number of hydrogen-bond acceptors (Lipinski definition) is 2. The molecular weight excluding hydrogens is 280 g/mol. The number of rotatable bonds is 9. The molecule has 0 bridgehead atoms. The van der Waals surface area contributed by atoms with Crippen molar-refractivity contribution in [3.63, 3.8) is 0 Å². The molecule has 0 aliphatic heterocycles. The summed E-state index contributed by atoms with van der Waals surface area (Å²) in [6, 6.07) is 7.54. The highest BCUT2D eigenvalue weighted by atomic mass is 32.2. The van der Waals surface area contributed by atoms with Crippen LogP contribution in [0.15, 0.2) is 41.3 Å². The fourth-order valence-corrected chi connectivity index (χ4v) is 3.92. The van der Waals surface area contributed by atoms with Crippen LogP contribution in [0.2, 0.25) is 0 Å². The third-order valence-electron chi connectivity index (χ3n) is 3.62. The molecule has 0 amide bonds. The van der Waals surface area contributed by atoms with E-state index in [-0.39, 0.29) is 5.75 Å². The Morgan fingerprint density at radius 3 is 2.48 bits per heavy atom. The highest BCUT2D eigenvalue weighted by Gasteiger charge is 2.16. The maximum atomic E-state index is 12.2. The van der Waals surface area contributed by atoms with Crippen LogP contribution in [0, 0.1) is 0 Å². The molecule has 0 saturated heterocycles. The summed E-state index contributed by atoms with van der Waals surface area (Å²) in [4.78, 5) is 0.474. The molecule has 0 spiro atoms. The fraction of sp³-hybridized carbons (Fsp3) is 0.556. The largest absolute Gasteiger partial charge is 0.224 e. The Bertz CT molecular complexity index is 544. The summed E-state index contributed by atoms with van der Waals surface area (Å²) in [6.45, 7) is 6.20. The molecule has 21 heavy (non-hydrogen) atoms. The molecule has 1 aromatic rings. The van der Waals surface area contributed by atoms with Gasteiger partial charge in [-0.25, -0.2) is 8.42 Å². The first-order valence-corrected chi connectivity index (χ1v) is 9.68. The first-order valence-electron chi connectivity index (χ1n) is 8.02. The Kier molecular flexibility index (Phi) is 7.73. The van der Waals surface area contributed by atoms with Crippen molar-refractivity contribution in [3.8, 4) is 0 Å². The zero-order valence-electron chi connectivity index (χ0n) is 13.5. The minimum atomic E-state index is -3.12. The van der Waals surface area contributed by atoms with Crippen LogP contribution in [0.1, 0.15) is 64.4 Å². The monoisotopic (exact) mass is 308 g/mol. The lowest BCUT2D eigenvalue weighted by molar-refractivity contribution is 0.593. The number of allylic oxidation sites excluding steroid dienone is 2. The van der Waals surface area contributed by atoms with Gasteiger partial charge in [0.2, 0.25) is 0 Å². The lowest BCUT2D eigenvalue weighted by Crippen LogP contribution is -2.07. The van der Waals surface area contributed by atoms with Crippen LogP contribution >= 0.6 is 0 Å². The van der Waals surface area contributed by atoms with Crippen LogP contribution in [0.25, 0.3) is 0 Å². The molecule has 2 nitrogen and oxygen atoms in total. The molecule has 1 atom stereocenters. The molecular formula is C18H28O2S. The second-order valence-electron chi connectivity index (χ2n) is 5.49. The molecule has 0 heterocycles. The highest BCUT2D eigenvalue weighted by molar-refractivity contribution is 7.91. The normalized spacial score (nSPS) is 13.7. The Morgan fingerprint density at radius 2 is 1.86 bits per heavy atom. The van der Waals surface area contributed by atoms with Crippen LogP contribution < -0.4 is 0 Å². The van der Waals surface area contributed by atoms with E-state index >= 15 is 0 Å². The maximum Gasteiger partial charge on any atom is 0.178 e. The smallest absolute Gasteiger partial charge is 0.178 e. The van der Waals surface area contributed by atoms with Gasteiger partial charge in [-0.3, -0.25) is 0 Å². The predicted molar refractivity (Wildman–Crippen MR) is 90.5 cm³/mol. The summed E-state index contributed by atoms with van der Waals surface area (Å²) in [5, 5.41) is 0. The molecule has 0 fully saturated rings. The lowest BCUT2D eigenvalue weighted by Gasteiger charge is -2.16. The van der Waals surface area contributed by atoms with Gasteiger partial charge < -0.3 is 0 Å². The molecule has 118 valence electrons. The predicted octanol–water partition coefficient (Wildman–Crippen LogP) is 5.11. The third-order valence-corrected chi connectivity index (χ3v) is 5.54. The fourth-order valence-electron chi connectivity index (χ4n) is 2.54. The Morgan fingerprint density at radius 1 is 1.10 bits per heavy atom. The Balaban J connectivity index is 3.02. The average molecular weight is 308 g/mol. The topological polar surface area (TPSA) is 34.1 Å². The standard InChI is InChI=1S/C18H28O2S/c1-4-7-8-11-16(10-5-2)17-12-9-13-18(15-17)21(19,20)14-6-3/h7-9,12-13,15-16H,4-6,10-11,14H2,1-3H3/b8-7-. The van der Waals surface area contributed by atoms with Crippen molar-refractivity contribution in [1.29, 1.82) is 0 Å². The minimum Gasteiger partial charge on any atom is -0.224 e. The van der Waals surface area contributed by atoms with Crippen LogP contribution in [0.4, 0.5) is 0 Å².